The molecule has 1 aromatic heterocycles. The van der Waals surface area contributed by atoms with Gasteiger partial charge < -0.3 is 15.7 Å². The second-order valence-electron chi connectivity index (χ2n) is 8.50. The molecule has 3 aromatic rings. The number of aromatic nitrogens is 3. The van der Waals surface area contributed by atoms with Crippen LogP contribution in [0.15, 0.2) is 54.7 Å². The summed E-state index contributed by atoms with van der Waals surface area (Å²) >= 11 is 0. The molecule has 0 radical (unpaired) electrons. The number of carbonyl (C=O) groups excluding carboxylic acids is 1. The smallest absolute Gasteiger partial charge is 0.475 e. The summed E-state index contributed by atoms with van der Waals surface area (Å²) in [6.45, 7) is 5.05. The molecule has 0 bridgehead atoms. The van der Waals surface area contributed by atoms with Crippen LogP contribution in [0.5, 0.6) is 0 Å². The maximum absolute atomic E-state index is 12.7. The summed E-state index contributed by atoms with van der Waals surface area (Å²) in [5.74, 6) is -2.11. The molecule has 1 fully saturated rings. The molecular formula is C25H28F3N5O3. The number of hydrogen-bond acceptors (Lipinski definition) is 5. The van der Waals surface area contributed by atoms with Crippen molar-refractivity contribution in [2.75, 3.05) is 18.4 Å². The number of amides is 1. The fourth-order valence-corrected chi connectivity index (χ4v) is 3.77. The van der Waals surface area contributed by atoms with Gasteiger partial charge in [0.2, 0.25) is 0 Å². The summed E-state index contributed by atoms with van der Waals surface area (Å²) in [7, 11) is 0. The molecule has 1 aliphatic rings. The molecule has 4 rings (SSSR count). The molecule has 2 heterocycles. The summed E-state index contributed by atoms with van der Waals surface area (Å²) in [5, 5.41) is 22.1. The van der Waals surface area contributed by atoms with Gasteiger partial charge in [-0.15, -0.1) is 5.10 Å². The Morgan fingerprint density at radius 2 is 1.81 bits per heavy atom. The van der Waals surface area contributed by atoms with Crippen molar-refractivity contribution in [3.8, 4) is 11.3 Å². The highest BCUT2D eigenvalue weighted by atomic mass is 19.4. The zero-order chi connectivity index (χ0) is 26.1. The predicted octanol–water partition coefficient (Wildman–Crippen LogP) is 4.53. The molecular weight excluding hydrogens is 475 g/mol. The summed E-state index contributed by atoms with van der Waals surface area (Å²) in [5.41, 5.74) is 4.06. The Balaban J connectivity index is 0.000000454. The van der Waals surface area contributed by atoms with Gasteiger partial charge in [0.25, 0.3) is 5.91 Å². The zero-order valence-corrected chi connectivity index (χ0v) is 19.8. The van der Waals surface area contributed by atoms with Crippen LogP contribution in [0.3, 0.4) is 0 Å². The average Bonchev–Trinajstić information content (AvgIpc) is 3.33. The molecule has 1 aliphatic heterocycles. The number of carboxylic acids is 1. The monoisotopic (exact) mass is 503 g/mol. The van der Waals surface area contributed by atoms with E-state index >= 15 is 0 Å². The molecule has 0 spiro atoms. The summed E-state index contributed by atoms with van der Waals surface area (Å²) in [6.07, 6.45) is 0.493. The third kappa shape index (κ3) is 7.91. The van der Waals surface area contributed by atoms with Crippen molar-refractivity contribution in [2.45, 2.75) is 38.9 Å². The number of hydrogen-bond donors (Lipinski definition) is 3. The number of alkyl halides is 3. The maximum Gasteiger partial charge on any atom is 0.490 e. The number of aliphatic carboxylic acids is 1. The minimum atomic E-state index is -5.08. The quantitative estimate of drug-likeness (QED) is 0.456. The van der Waals surface area contributed by atoms with Crippen molar-refractivity contribution in [3.05, 3.63) is 65.9 Å². The molecule has 0 aliphatic carbocycles. The van der Waals surface area contributed by atoms with Crippen LogP contribution in [-0.2, 0) is 11.3 Å². The van der Waals surface area contributed by atoms with Gasteiger partial charge >= 0.3 is 12.1 Å². The van der Waals surface area contributed by atoms with E-state index in [1.54, 1.807) is 0 Å². The first-order valence-electron chi connectivity index (χ1n) is 11.5. The number of halogens is 3. The van der Waals surface area contributed by atoms with Gasteiger partial charge in [0.1, 0.15) is 5.69 Å². The number of nitrogens with one attached hydrogen (secondary N) is 2. The number of piperidine rings is 1. The van der Waals surface area contributed by atoms with Crippen LogP contribution in [0.1, 0.15) is 35.2 Å². The molecule has 36 heavy (non-hydrogen) atoms. The van der Waals surface area contributed by atoms with Crippen LogP contribution in [0.2, 0.25) is 0 Å². The number of rotatable bonds is 6. The topological polar surface area (TPSA) is 109 Å². The number of aryl methyl sites for hydroxylation is 2. The lowest BCUT2D eigenvalue weighted by atomic mass is 9.95. The fourth-order valence-electron chi connectivity index (χ4n) is 3.77. The molecule has 3 N–H and O–H groups in total. The minimum Gasteiger partial charge on any atom is -0.475 e. The van der Waals surface area contributed by atoms with E-state index in [0.29, 0.717) is 5.56 Å². The molecule has 11 heteroatoms. The molecule has 2 aromatic carbocycles. The third-order valence-corrected chi connectivity index (χ3v) is 5.82. The first-order chi connectivity index (χ1) is 17.1. The second-order valence-corrected chi connectivity index (χ2v) is 8.50. The number of anilines is 1. The number of carboxylic acid groups (broad SMARTS) is 1. The van der Waals surface area contributed by atoms with Gasteiger partial charge in [-0.1, -0.05) is 35.5 Å². The van der Waals surface area contributed by atoms with Gasteiger partial charge in [-0.05, 0) is 69.0 Å². The van der Waals surface area contributed by atoms with E-state index < -0.39 is 12.1 Å². The van der Waals surface area contributed by atoms with Crippen molar-refractivity contribution >= 4 is 17.6 Å². The molecule has 1 amide bonds. The van der Waals surface area contributed by atoms with Gasteiger partial charge in [-0.2, -0.15) is 13.2 Å². The maximum atomic E-state index is 12.7. The Kier molecular flexibility index (Phi) is 9.18. The van der Waals surface area contributed by atoms with Crippen LogP contribution in [0, 0.1) is 12.8 Å². The van der Waals surface area contributed by atoms with Crippen molar-refractivity contribution < 1.29 is 27.9 Å². The third-order valence-electron chi connectivity index (χ3n) is 5.82. The standard InChI is InChI=1S/C23H27N5O.C2HF3O2/c1-17-7-8-19(15-21(17)23(29)25-20-5-3-2-4-6-20)22-16-28(27-26-22)14-11-18-9-12-24-13-10-18;3-2(4,5)1(6)7/h2-8,15-16,18,24H,9-14H2,1H3,(H,25,29);(H,6,7). The van der Waals surface area contributed by atoms with Crippen LogP contribution < -0.4 is 10.6 Å². The largest absolute Gasteiger partial charge is 0.490 e. The van der Waals surface area contributed by atoms with E-state index in [1.165, 1.54) is 12.8 Å². The van der Waals surface area contributed by atoms with Crippen LogP contribution in [0.4, 0.5) is 18.9 Å². The van der Waals surface area contributed by atoms with Crippen molar-refractivity contribution in [2.24, 2.45) is 5.92 Å². The number of carbonyl (C=O) groups is 2. The number of para-hydroxylation sites is 1. The lowest BCUT2D eigenvalue weighted by molar-refractivity contribution is -0.192. The number of nitrogens with zero attached hydrogens (tertiary/aromatic N) is 3. The molecule has 0 unspecified atom stereocenters. The van der Waals surface area contributed by atoms with Gasteiger partial charge in [0.15, 0.2) is 0 Å². The summed E-state index contributed by atoms with van der Waals surface area (Å²) < 4.78 is 33.7. The normalized spacial score (nSPS) is 14.0. The average molecular weight is 504 g/mol. The van der Waals surface area contributed by atoms with Crippen molar-refractivity contribution in [3.63, 3.8) is 0 Å². The molecule has 192 valence electrons. The minimum absolute atomic E-state index is 0.117. The lowest BCUT2D eigenvalue weighted by Crippen LogP contribution is -2.28. The predicted molar refractivity (Wildman–Crippen MR) is 128 cm³/mol. The Labute approximate surface area is 206 Å². The van der Waals surface area contributed by atoms with Gasteiger partial charge in [-0.25, -0.2) is 4.79 Å². The highest BCUT2D eigenvalue weighted by Crippen LogP contribution is 2.22. The van der Waals surface area contributed by atoms with Crippen molar-refractivity contribution in [1.82, 2.24) is 20.3 Å². The lowest BCUT2D eigenvalue weighted by Gasteiger charge is -2.22. The van der Waals surface area contributed by atoms with Crippen LogP contribution in [0.25, 0.3) is 11.3 Å². The van der Waals surface area contributed by atoms with E-state index in [2.05, 4.69) is 20.9 Å². The zero-order valence-electron chi connectivity index (χ0n) is 19.8. The van der Waals surface area contributed by atoms with Crippen molar-refractivity contribution in [1.29, 1.82) is 0 Å². The van der Waals surface area contributed by atoms with E-state index in [4.69, 9.17) is 9.90 Å². The van der Waals surface area contributed by atoms with Gasteiger partial charge in [-0.3, -0.25) is 9.48 Å². The summed E-state index contributed by atoms with van der Waals surface area (Å²) in [6, 6.07) is 15.3. The Morgan fingerprint density at radius 3 is 2.44 bits per heavy atom. The van der Waals surface area contributed by atoms with E-state index in [9.17, 15) is 18.0 Å². The molecule has 1 saturated heterocycles. The first kappa shape index (κ1) is 26.9. The first-order valence-corrected chi connectivity index (χ1v) is 11.5. The highest BCUT2D eigenvalue weighted by Gasteiger charge is 2.38. The summed E-state index contributed by atoms with van der Waals surface area (Å²) in [4.78, 5) is 21.6. The SMILES string of the molecule is Cc1ccc(-c2cn(CCC3CCNCC3)nn2)cc1C(=O)Nc1ccccc1.O=C(O)C(F)(F)F. The van der Waals surface area contributed by atoms with E-state index in [0.717, 1.165) is 54.5 Å². The van der Waals surface area contributed by atoms with Crippen LogP contribution >= 0.6 is 0 Å². The molecule has 0 atom stereocenters. The second kappa shape index (κ2) is 12.3. The fraction of sp³-hybridized carbons (Fsp3) is 0.360. The Bertz CT molecular complexity index is 1160. The van der Waals surface area contributed by atoms with E-state index in [1.807, 2.05) is 66.3 Å². The van der Waals surface area contributed by atoms with E-state index in [-0.39, 0.29) is 5.91 Å². The number of benzene rings is 2. The highest BCUT2D eigenvalue weighted by molar-refractivity contribution is 6.05. The molecule has 8 nitrogen and oxygen atoms in total. The molecule has 0 saturated carbocycles. The Morgan fingerprint density at radius 1 is 1.14 bits per heavy atom. The van der Waals surface area contributed by atoms with Gasteiger partial charge in [0.05, 0.1) is 6.20 Å². The Hall–Kier alpha value is -3.73. The van der Waals surface area contributed by atoms with Crippen LogP contribution in [-0.4, -0.2) is 51.2 Å². The van der Waals surface area contributed by atoms with Gasteiger partial charge in [0, 0.05) is 23.4 Å².